The Kier molecular flexibility index (Phi) is 6.46. The third-order valence-corrected chi connectivity index (χ3v) is 5.41. The first-order valence-electron chi connectivity index (χ1n) is 9.63. The van der Waals surface area contributed by atoms with Gasteiger partial charge >= 0.3 is 0 Å². The van der Waals surface area contributed by atoms with Crippen molar-refractivity contribution in [2.24, 2.45) is 5.73 Å². The molecule has 2 aromatic carbocycles. The fourth-order valence-electron chi connectivity index (χ4n) is 3.64. The number of carbonyl (C=O) groups is 1. The van der Waals surface area contributed by atoms with Gasteiger partial charge in [0.05, 0.1) is 11.2 Å². The van der Waals surface area contributed by atoms with Crippen molar-refractivity contribution in [2.45, 2.75) is 25.8 Å². The van der Waals surface area contributed by atoms with Crippen LogP contribution in [0.2, 0.25) is 5.02 Å². The Morgan fingerprint density at radius 1 is 1.03 bits per heavy atom. The van der Waals surface area contributed by atoms with E-state index in [0.717, 1.165) is 39.7 Å². The van der Waals surface area contributed by atoms with Gasteiger partial charge in [0.2, 0.25) is 5.91 Å². The minimum absolute atomic E-state index is 0. The molecule has 7 heteroatoms. The molecule has 2 heterocycles. The molecule has 0 saturated carbocycles. The van der Waals surface area contributed by atoms with Crippen molar-refractivity contribution in [2.75, 3.05) is 13.1 Å². The molecule has 0 bridgehead atoms. The summed E-state index contributed by atoms with van der Waals surface area (Å²) in [5.41, 5.74) is 8.89. The highest BCUT2D eigenvalue weighted by atomic mass is 35.5. The largest absolute Gasteiger partial charge is 0.337 e. The van der Waals surface area contributed by atoms with Gasteiger partial charge in [-0.25, -0.2) is 0 Å². The van der Waals surface area contributed by atoms with Crippen LogP contribution >= 0.6 is 24.0 Å². The number of hydrogen-bond donors (Lipinski definition) is 1. The third-order valence-electron chi connectivity index (χ3n) is 5.16. The zero-order valence-corrected chi connectivity index (χ0v) is 18.5. The molecule has 5 nitrogen and oxygen atoms in total. The van der Waals surface area contributed by atoms with Crippen molar-refractivity contribution in [1.29, 1.82) is 0 Å². The number of rotatable bonds is 3. The van der Waals surface area contributed by atoms with Crippen molar-refractivity contribution in [3.63, 3.8) is 0 Å². The maximum Gasteiger partial charge on any atom is 0.242 e. The van der Waals surface area contributed by atoms with Gasteiger partial charge < -0.3 is 10.6 Å². The standard InChI is InChI=1S/C23H23ClN4O.ClH/c1-23(2,25)22(29)28-13-11-16(12-14-28)21-19-6-4-3-5-18(19)20(26-27-21)15-7-9-17(24)10-8-15;/h3-11H,12-14,25H2,1-2H3;1H. The van der Waals surface area contributed by atoms with Crippen molar-refractivity contribution < 1.29 is 4.79 Å². The monoisotopic (exact) mass is 442 g/mol. The van der Waals surface area contributed by atoms with Gasteiger partial charge in [0.15, 0.2) is 0 Å². The zero-order chi connectivity index (χ0) is 20.6. The predicted octanol–water partition coefficient (Wildman–Crippen LogP) is 4.73. The Bertz CT molecular complexity index is 1100. The maximum atomic E-state index is 12.4. The number of nitrogens with two attached hydrogens (primary N) is 1. The summed E-state index contributed by atoms with van der Waals surface area (Å²) in [4.78, 5) is 14.2. The molecule has 2 N–H and O–H groups in total. The van der Waals surface area contributed by atoms with Crippen LogP contribution in [-0.2, 0) is 4.79 Å². The molecule has 0 radical (unpaired) electrons. The van der Waals surface area contributed by atoms with Crippen LogP contribution in [0.5, 0.6) is 0 Å². The number of fused-ring (bicyclic) bond motifs is 1. The number of aromatic nitrogens is 2. The third kappa shape index (κ3) is 4.33. The lowest BCUT2D eigenvalue weighted by Crippen LogP contribution is -2.52. The molecule has 0 aliphatic carbocycles. The number of hydrogen-bond acceptors (Lipinski definition) is 4. The van der Waals surface area contributed by atoms with Gasteiger partial charge in [-0.3, -0.25) is 4.79 Å². The molecule has 0 spiro atoms. The van der Waals surface area contributed by atoms with E-state index in [9.17, 15) is 4.79 Å². The number of benzene rings is 2. The molecule has 3 aromatic rings. The van der Waals surface area contributed by atoms with Crippen molar-refractivity contribution >= 4 is 46.3 Å². The number of nitrogens with zero attached hydrogens (tertiary/aromatic N) is 3. The zero-order valence-electron chi connectivity index (χ0n) is 16.9. The van der Waals surface area contributed by atoms with Crippen LogP contribution in [0, 0.1) is 0 Å². The first-order valence-corrected chi connectivity index (χ1v) is 10.0. The fourth-order valence-corrected chi connectivity index (χ4v) is 3.76. The fraction of sp³-hybridized carbons (Fsp3) is 0.261. The highest BCUT2D eigenvalue weighted by molar-refractivity contribution is 6.30. The molecule has 1 aliphatic heterocycles. The summed E-state index contributed by atoms with van der Waals surface area (Å²) in [5.74, 6) is -0.0400. The van der Waals surface area contributed by atoms with Crippen LogP contribution < -0.4 is 5.73 Å². The molecule has 30 heavy (non-hydrogen) atoms. The van der Waals surface area contributed by atoms with E-state index in [1.165, 1.54) is 0 Å². The Hall–Kier alpha value is -2.47. The minimum Gasteiger partial charge on any atom is -0.337 e. The lowest BCUT2D eigenvalue weighted by Gasteiger charge is -2.31. The summed E-state index contributed by atoms with van der Waals surface area (Å²) < 4.78 is 0. The van der Waals surface area contributed by atoms with Gasteiger partial charge in [-0.1, -0.05) is 54.1 Å². The molecule has 1 amide bonds. The van der Waals surface area contributed by atoms with Crippen LogP contribution in [-0.4, -0.2) is 39.6 Å². The molecular formula is C23H24Cl2N4O. The lowest BCUT2D eigenvalue weighted by atomic mass is 9.96. The molecule has 4 rings (SSSR count). The summed E-state index contributed by atoms with van der Waals surface area (Å²) in [7, 11) is 0. The van der Waals surface area contributed by atoms with E-state index in [-0.39, 0.29) is 18.3 Å². The molecule has 1 aromatic heterocycles. The van der Waals surface area contributed by atoms with Gasteiger partial charge in [0.25, 0.3) is 0 Å². The summed E-state index contributed by atoms with van der Waals surface area (Å²) >= 11 is 6.03. The smallest absolute Gasteiger partial charge is 0.242 e. The van der Waals surface area contributed by atoms with Crippen molar-refractivity contribution in [3.05, 3.63) is 65.3 Å². The average Bonchev–Trinajstić information content (AvgIpc) is 2.73. The van der Waals surface area contributed by atoms with Gasteiger partial charge in [0, 0.05) is 34.4 Å². The molecule has 0 atom stereocenters. The number of carbonyl (C=O) groups excluding carboxylic acids is 1. The van der Waals surface area contributed by atoms with Crippen LogP contribution in [0.3, 0.4) is 0 Å². The number of halogens is 2. The maximum absolute atomic E-state index is 12.4. The molecule has 0 fully saturated rings. The molecular weight excluding hydrogens is 419 g/mol. The first kappa shape index (κ1) is 22.2. The second-order valence-electron chi connectivity index (χ2n) is 7.90. The second kappa shape index (κ2) is 8.72. The summed E-state index contributed by atoms with van der Waals surface area (Å²) in [5, 5.41) is 11.9. The molecule has 156 valence electrons. The van der Waals surface area contributed by atoms with E-state index in [2.05, 4.69) is 28.4 Å². The Labute approximate surface area is 187 Å². The molecule has 1 aliphatic rings. The van der Waals surface area contributed by atoms with Crippen LogP contribution in [0.15, 0.2) is 54.6 Å². The van der Waals surface area contributed by atoms with Gasteiger partial charge in [-0.05, 0) is 38.0 Å². The quantitative estimate of drug-likeness (QED) is 0.636. The minimum atomic E-state index is -0.863. The second-order valence-corrected chi connectivity index (χ2v) is 8.34. The Balaban J connectivity index is 0.00000256. The number of amides is 1. The van der Waals surface area contributed by atoms with E-state index >= 15 is 0 Å². The van der Waals surface area contributed by atoms with Gasteiger partial charge in [0.1, 0.15) is 5.69 Å². The first-order chi connectivity index (χ1) is 13.8. The van der Waals surface area contributed by atoms with Crippen molar-refractivity contribution in [1.82, 2.24) is 15.1 Å². The summed E-state index contributed by atoms with van der Waals surface area (Å²) in [6.07, 6.45) is 2.78. The van der Waals surface area contributed by atoms with Gasteiger partial charge in [-0.15, -0.1) is 22.6 Å². The SMILES string of the molecule is CC(C)(N)C(=O)N1CC=C(c2nnc(-c3ccc(Cl)cc3)c3ccccc23)CC1.Cl. The normalized spacial score (nSPS) is 14.3. The van der Waals surface area contributed by atoms with E-state index in [1.54, 1.807) is 18.7 Å². The van der Waals surface area contributed by atoms with Crippen LogP contribution in [0.25, 0.3) is 27.6 Å². The van der Waals surface area contributed by atoms with E-state index < -0.39 is 5.54 Å². The summed E-state index contributed by atoms with van der Waals surface area (Å²) in [6.45, 7) is 4.63. The Morgan fingerprint density at radius 3 is 2.20 bits per heavy atom. The van der Waals surface area contributed by atoms with E-state index in [1.807, 2.05) is 36.4 Å². The summed E-state index contributed by atoms with van der Waals surface area (Å²) in [6, 6.07) is 15.8. The Morgan fingerprint density at radius 2 is 1.63 bits per heavy atom. The molecule has 0 saturated heterocycles. The van der Waals surface area contributed by atoms with E-state index in [4.69, 9.17) is 17.3 Å². The molecule has 0 unspecified atom stereocenters. The van der Waals surface area contributed by atoms with Crippen LogP contribution in [0.4, 0.5) is 0 Å². The predicted molar refractivity (Wildman–Crippen MR) is 125 cm³/mol. The average molecular weight is 443 g/mol. The lowest BCUT2D eigenvalue weighted by molar-refractivity contribution is -0.135. The highest BCUT2D eigenvalue weighted by Crippen LogP contribution is 2.32. The van der Waals surface area contributed by atoms with E-state index in [0.29, 0.717) is 18.1 Å². The highest BCUT2D eigenvalue weighted by Gasteiger charge is 2.29. The topological polar surface area (TPSA) is 72.1 Å². The van der Waals surface area contributed by atoms with Crippen LogP contribution in [0.1, 0.15) is 26.0 Å². The van der Waals surface area contributed by atoms with Gasteiger partial charge in [-0.2, -0.15) is 0 Å². The van der Waals surface area contributed by atoms with Crippen molar-refractivity contribution in [3.8, 4) is 11.3 Å².